The van der Waals surface area contributed by atoms with Crippen molar-refractivity contribution in [3.63, 3.8) is 0 Å². The van der Waals surface area contributed by atoms with Crippen LogP contribution in [0, 0.1) is 11.3 Å². The molecule has 6 heterocycles. The van der Waals surface area contributed by atoms with Gasteiger partial charge in [0.2, 0.25) is 5.95 Å². The van der Waals surface area contributed by atoms with Gasteiger partial charge < -0.3 is 24.0 Å². The number of aliphatic carboxylic acids is 1. The minimum absolute atomic E-state index is 0.292. The van der Waals surface area contributed by atoms with Crippen LogP contribution in [0.25, 0.3) is 38.8 Å². The lowest BCUT2D eigenvalue weighted by atomic mass is 9.69. The maximum Gasteiger partial charge on any atom is 0.309 e. The molecule has 0 amide bonds. The lowest BCUT2D eigenvalue weighted by molar-refractivity contribution is -0.146. The summed E-state index contributed by atoms with van der Waals surface area (Å²) in [7, 11) is -1.26. The number of halogens is 1. The summed E-state index contributed by atoms with van der Waals surface area (Å²) in [4.78, 5) is 33.4. The molecule has 4 aromatic heterocycles. The SMILES string of the molecule is C[C@@H]1OCC2(CCN(c3nc4c(c(-c5ccc6nccnc6c5Cl)cn4COCC[Si](C)(C)C)c4nccn34)CC2)[C@@H]1C(=O)O. The van der Waals surface area contributed by atoms with Crippen molar-refractivity contribution in [1.29, 1.82) is 0 Å². The van der Waals surface area contributed by atoms with Crippen LogP contribution < -0.4 is 4.90 Å². The van der Waals surface area contributed by atoms with E-state index in [2.05, 4.69) is 34.5 Å². The van der Waals surface area contributed by atoms with Crippen LogP contribution in [-0.2, 0) is 21.0 Å². The van der Waals surface area contributed by atoms with Crippen LogP contribution in [0.15, 0.2) is 43.1 Å². The third-order valence-electron chi connectivity index (χ3n) is 9.50. The second kappa shape index (κ2) is 11.3. The highest BCUT2D eigenvalue weighted by molar-refractivity contribution is 6.76. The van der Waals surface area contributed by atoms with Gasteiger partial charge in [-0.1, -0.05) is 37.3 Å². The molecule has 0 saturated carbocycles. The van der Waals surface area contributed by atoms with Crippen molar-refractivity contribution in [2.45, 2.75) is 58.3 Å². The second-order valence-electron chi connectivity index (χ2n) is 13.6. The first-order valence-electron chi connectivity index (χ1n) is 15.5. The molecule has 1 spiro atoms. The molecular formula is C32H38ClN7O4Si. The summed E-state index contributed by atoms with van der Waals surface area (Å²) in [6.45, 7) is 11.7. The van der Waals surface area contributed by atoms with Gasteiger partial charge in [-0.25, -0.2) is 4.98 Å². The van der Waals surface area contributed by atoms with Crippen LogP contribution in [0.2, 0.25) is 30.7 Å². The van der Waals surface area contributed by atoms with Gasteiger partial charge in [0.05, 0.1) is 34.6 Å². The highest BCUT2D eigenvalue weighted by atomic mass is 35.5. The molecule has 45 heavy (non-hydrogen) atoms. The van der Waals surface area contributed by atoms with E-state index < -0.39 is 20.0 Å². The lowest BCUT2D eigenvalue weighted by Gasteiger charge is -2.41. The summed E-state index contributed by atoms with van der Waals surface area (Å²) in [6, 6.07) is 4.97. The van der Waals surface area contributed by atoms with Gasteiger partial charge >= 0.3 is 5.97 Å². The number of piperidine rings is 1. The molecule has 0 aliphatic carbocycles. The molecule has 11 nitrogen and oxygen atoms in total. The van der Waals surface area contributed by atoms with Gasteiger partial charge in [0, 0.05) is 75.3 Å². The number of imidazole rings is 1. The van der Waals surface area contributed by atoms with Crippen LogP contribution in [0.4, 0.5) is 5.95 Å². The topological polar surface area (TPSA) is 120 Å². The van der Waals surface area contributed by atoms with Crippen molar-refractivity contribution in [3.8, 4) is 11.1 Å². The molecular weight excluding hydrogens is 610 g/mol. The monoisotopic (exact) mass is 647 g/mol. The zero-order valence-electron chi connectivity index (χ0n) is 26.0. The first-order chi connectivity index (χ1) is 21.6. The highest BCUT2D eigenvalue weighted by Gasteiger charge is 2.53. The van der Waals surface area contributed by atoms with E-state index in [9.17, 15) is 9.90 Å². The Morgan fingerprint density at radius 2 is 1.89 bits per heavy atom. The first-order valence-corrected chi connectivity index (χ1v) is 19.6. The van der Waals surface area contributed by atoms with Crippen molar-refractivity contribution in [2.24, 2.45) is 11.3 Å². The zero-order chi connectivity index (χ0) is 31.5. The number of carboxylic acids is 1. The molecule has 1 N–H and O–H groups in total. The number of nitrogens with zero attached hydrogens (tertiary/aromatic N) is 7. The Hall–Kier alpha value is -3.58. The fourth-order valence-electron chi connectivity index (χ4n) is 7.01. The van der Waals surface area contributed by atoms with Crippen LogP contribution in [-0.4, -0.2) is 80.5 Å². The number of hydrogen-bond donors (Lipinski definition) is 1. The molecule has 1 aromatic carbocycles. The van der Waals surface area contributed by atoms with Gasteiger partial charge in [-0.3, -0.25) is 19.2 Å². The van der Waals surface area contributed by atoms with Gasteiger partial charge in [-0.05, 0) is 31.9 Å². The van der Waals surface area contributed by atoms with Crippen LogP contribution in [0.3, 0.4) is 0 Å². The summed E-state index contributed by atoms with van der Waals surface area (Å²) < 4.78 is 16.2. The smallest absolute Gasteiger partial charge is 0.309 e. The van der Waals surface area contributed by atoms with E-state index in [1.165, 1.54) is 0 Å². The minimum Gasteiger partial charge on any atom is -0.481 e. The molecule has 2 fully saturated rings. The average Bonchev–Trinajstić information content (AvgIpc) is 3.71. The normalized spacial score (nSPS) is 20.2. The summed E-state index contributed by atoms with van der Waals surface area (Å²) in [5.74, 6) is -0.511. The van der Waals surface area contributed by atoms with Gasteiger partial charge in [0.1, 0.15) is 17.9 Å². The predicted molar refractivity (Wildman–Crippen MR) is 177 cm³/mol. The molecule has 2 saturated heterocycles. The molecule has 5 aromatic rings. The summed E-state index contributed by atoms with van der Waals surface area (Å²) in [5, 5.41) is 11.4. The third kappa shape index (κ3) is 5.27. The van der Waals surface area contributed by atoms with Crippen molar-refractivity contribution in [1.82, 2.24) is 28.9 Å². The molecule has 2 atom stereocenters. The fourth-order valence-corrected chi connectivity index (χ4v) is 8.08. The Morgan fingerprint density at radius 3 is 2.64 bits per heavy atom. The van der Waals surface area contributed by atoms with E-state index in [1.54, 1.807) is 18.6 Å². The van der Waals surface area contributed by atoms with Crippen LogP contribution in [0.5, 0.6) is 0 Å². The minimum atomic E-state index is -1.26. The number of rotatable bonds is 8. The number of fused-ring (bicyclic) bond motifs is 4. The average molecular weight is 648 g/mol. The number of hydrogen-bond acceptors (Lipinski definition) is 8. The largest absolute Gasteiger partial charge is 0.481 e. The standard InChI is InChI=1S/C32H38ClN7O4Si/c1-20-25(30(41)42)32(18-44-20)7-12-38(13-8-32)31-37-29-24(28-36-11-14-40(28)31)22(17-39(29)19-43-15-16-45(2,3)4)21-5-6-23-27(26(21)33)35-10-9-34-23/h5-6,9-11,14,17,20,25H,7-8,12-13,15-16,18-19H2,1-4H3,(H,41,42)/t20-,25-/m0/s1. The molecule has 236 valence electrons. The van der Waals surface area contributed by atoms with E-state index in [4.69, 9.17) is 31.0 Å². The molecule has 0 unspecified atom stereocenters. The second-order valence-corrected chi connectivity index (χ2v) is 19.6. The molecule has 0 bridgehead atoms. The van der Waals surface area contributed by atoms with Crippen molar-refractivity contribution in [2.75, 3.05) is 31.2 Å². The van der Waals surface area contributed by atoms with Gasteiger partial charge in [0.15, 0.2) is 5.65 Å². The van der Waals surface area contributed by atoms with Crippen LogP contribution in [0.1, 0.15) is 19.8 Å². The van der Waals surface area contributed by atoms with Gasteiger partial charge in [-0.2, -0.15) is 4.98 Å². The summed E-state index contributed by atoms with van der Waals surface area (Å²) in [5.41, 5.74) is 4.24. The van der Waals surface area contributed by atoms with E-state index in [0.717, 1.165) is 45.3 Å². The van der Waals surface area contributed by atoms with E-state index in [1.807, 2.05) is 40.4 Å². The Bertz CT molecular complexity index is 1910. The van der Waals surface area contributed by atoms with Gasteiger partial charge in [0.25, 0.3) is 0 Å². The Labute approximate surface area is 267 Å². The zero-order valence-corrected chi connectivity index (χ0v) is 27.8. The van der Waals surface area contributed by atoms with Gasteiger partial charge in [-0.15, -0.1) is 0 Å². The first kappa shape index (κ1) is 30.1. The number of carboxylic acid groups (broad SMARTS) is 1. The maximum absolute atomic E-state index is 12.2. The molecule has 2 aliphatic heterocycles. The Morgan fingerprint density at radius 1 is 1.11 bits per heavy atom. The molecule has 0 radical (unpaired) electrons. The van der Waals surface area contributed by atoms with E-state index in [0.29, 0.717) is 56.4 Å². The fraction of sp³-hybridized carbons (Fsp3) is 0.469. The highest BCUT2D eigenvalue weighted by Crippen LogP contribution is 2.47. The number of ether oxygens (including phenoxy) is 2. The van der Waals surface area contributed by atoms with E-state index >= 15 is 0 Å². The molecule has 2 aliphatic rings. The Balaban J connectivity index is 1.31. The number of anilines is 1. The maximum atomic E-state index is 12.2. The van der Waals surface area contributed by atoms with E-state index in [-0.39, 0.29) is 11.5 Å². The van der Waals surface area contributed by atoms with Crippen molar-refractivity contribution >= 4 is 59.3 Å². The quantitative estimate of drug-likeness (QED) is 0.161. The van der Waals surface area contributed by atoms with Crippen molar-refractivity contribution in [3.05, 3.63) is 48.1 Å². The predicted octanol–water partition coefficient (Wildman–Crippen LogP) is 5.97. The number of aromatic nitrogens is 6. The Kier molecular flexibility index (Phi) is 7.58. The molecule has 13 heteroatoms. The number of carbonyl (C=O) groups is 1. The van der Waals surface area contributed by atoms with Crippen LogP contribution >= 0.6 is 11.6 Å². The third-order valence-corrected chi connectivity index (χ3v) is 11.6. The lowest BCUT2D eigenvalue weighted by Crippen LogP contribution is -2.47. The van der Waals surface area contributed by atoms with Crippen molar-refractivity contribution < 1.29 is 19.4 Å². The summed E-state index contributed by atoms with van der Waals surface area (Å²) in [6.07, 6.45) is 10.2. The molecule has 7 rings (SSSR count). The summed E-state index contributed by atoms with van der Waals surface area (Å²) >= 11 is 7.00. The number of benzene rings is 1.